The van der Waals surface area contributed by atoms with E-state index < -0.39 is 12.0 Å². The number of anilines is 2. The average Bonchev–Trinajstić information content (AvgIpc) is 3.19. The van der Waals surface area contributed by atoms with Gasteiger partial charge in [-0.2, -0.15) is 0 Å². The first kappa shape index (κ1) is 20.1. The molecule has 0 saturated heterocycles. The number of carbonyl (C=O) groups excluding carboxylic acids is 2. The molecular formula is C21H21N3O5. The zero-order chi connectivity index (χ0) is 20.6. The monoisotopic (exact) mass is 395 g/mol. The number of aromatic nitrogens is 1. The van der Waals surface area contributed by atoms with Gasteiger partial charge in [0.2, 0.25) is 5.76 Å². The standard InChI is InChI=1S/C21H21N3O5/c1-14-6-8-15(9-7-14)18-13-19(29-24-18)20(25)22-16-4-3-5-17(12-16)23-21(26)28-11-10-27-2/h3-9,12-13H,10-11H2,1-2H3,(H,22,25)(H,23,26). The van der Waals surface area contributed by atoms with Gasteiger partial charge in [-0.15, -0.1) is 0 Å². The van der Waals surface area contributed by atoms with Crippen LogP contribution in [0, 0.1) is 6.92 Å². The van der Waals surface area contributed by atoms with Crippen LogP contribution in [0.5, 0.6) is 0 Å². The van der Waals surface area contributed by atoms with Crippen LogP contribution in [0.15, 0.2) is 59.1 Å². The van der Waals surface area contributed by atoms with Crippen molar-refractivity contribution in [3.63, 3.8) is 0 Å². The van der Waals surface area contributed by atoms with Crippen LogP contribution in [-0.4, -0.2) is 37.5 Å². The van der Waals surface area contributed by atoms with Crippen molar-refractivity contribution in [3.05, 3.63) is 65.9 Å². The molecule has 0 aliphatic heterocycles. The smallest absolute Gasteiger partial charge is 0.411 e. The molecule has 0 bridgehead atoms. The lowest BCUT2D eigenvalue weighted by molar-refractivity contribution is 0.0988. The van der Waals surface area contributed by atoms with E-state index in [2.05, 4.69) is 15.8 Å². The molecule has 1 aromatic heterocycles. The number of amides is 2. The molecule has 3 aromatic rings. The van der Waals surface area contributed by atoms with Crippen molar-refractivity contribution in [2.24, 2.45) is 0 Å². The molecule has 0 spiro atoms. The van der Waals surface area contributed by atoms with Crippen LogP contribution in [0.25, 0.3) is 11.3 Å². The topological polar surface area (TPSA) is 103 Å². The molecule has 8 nitrogen and oxygen atoms in total. The quantitative estimate of drug-likeness (QED) is 0.584. The van der Waals surface area contributed by atoms with Crippen molar-refractivity contribution in [2.75, 3.05) is 31.0 Å². The molecule has 0 unspecified atom stereocenters. The summed E-state index contributed by atoms with van der Waals surface area (Å²) in [6.45, 7) is 2.45. The fourth-order valence-electron chi connectivity index (χ4n) is 2.48. The number of ether oxygens (including phenoxy) is 2. The Hall–Kier alpha value is -3.65. The Morgan fingerprint density at radius 1 is 1.00 bits per heavy atom. The van der Waals surface area contributed by atoms with E-state index >= 15 is 0 Å². The molecule has 150 valence electrons. The first-order valence-electron chi connectivity index (χ1n) is 8.93. The summed E-state index contributed by atoms with van der Waals surface area (Å²) in [4.78, 5) is 24.2. The van der Waals surface area contributed by atoms with Gasteiger partial charge in [-0.1, -0.05) is 41.1 Å². The Morgan fingerprint density at radius 2 is 1.72 bits per heavy atom. The second-order valence-corrected chi connectivity index (χ2v) is 6.23. The van der Waals surface area contributed by atoms with Gasteiger partial charge < -0.3 is 19.3 Å². The van der Waals surface area contributed by atoms with Gasteiger partial charge in [0.05, 0.1) is 6.61 Å². The van der Waals surface area contributed by atoms with E-state index in [0.717, 1.165) is 11.1 Å². The summed E-state index contributed by atoms with van der Waals surface area (Å²) in [6.07, 6.45) is -0.608. The molecule has 0 aliphatic rings. The molecule has 1 heterocycles. The van der Waals surface area contributed by atoms with Crippen LogP contribution < -0.4 is 10.6 Å². The number of nitrogens with zero attached hydrogens (tertiary/aromatic N) is 1. The summed E-state index contributed by atoms with van der Waals surface area (Å²) < 4.78 is 14.9. The summed E-state index contributed by atoms with van der Waals surface area (Å²) in [7, 11) is 1.52. The van der Waals surface area contributed by atoms with Crippen LogP contribution >= 0.6 is 0 Å². The van der Waals surface area contributed by atoms with Crippen LogP contribution in [0.1, 0.15) is 16.1 Å². The van der Waals surface area contributed by atoms with Crippen molar-refractivity contribution < 1.29 is 23.6 Å². The van der Waals surface area contributed by atoms with Crippen LogP contribution in [0.2, 0.25) is 0 Å². The van der Waals surface area contributed by atoms with E-state index in [-0.39, 0.29) is 12.4 Å². The molecule has 3 rings (SSSR count). The molecule has 0 saturated carbocycles. The highest BCUT2D eigenvalue weighted by atomic mass is 16.6. The van der Waals surface area contributed by atoms with E-state index in [4.69, 9.17) is 14.0 Å². The summed E-state index contributed by atoms with van der Waals surface area (Å²) >= 11 is 0. The Balaban J connectivity index is 1.62. The largest absolute Gasteiger partial charge is 0.447 e. The Morgan fingerprint density at radius 3 is 2.45 bits per heavy atom. The van der Waals surface area contributed by atoms with E-state index in [1.54, 1.807) is 30.3 Å². The van der Waals surface area contributed by atoms with Gasteiger partial charge >= 0.3 is 6.09 Å². The number of hydrogen-bond acceptors (Lipinski definition) is 6. The number of benzene rings is 2. The SMILES string of the molecule is COCCOC(=O)Nc1cccc(NC(=O)c2cc(-c3ccc(C)cc3)no2)c1. The number of nitrogens with one attached hydrogen (secondary N) is 2. The molecule has 0 atom stereocenters. The van der Waals surface area contributed by atoms with Crippen molar-refractivity contribution in [1.29, 1.82) is 0 Å². The summed E-state index contributed by atoms with van der Waals surface area (Å²) in [5, 5.41) is 9.25. The maximum absolute atomic E-state index is 12.4. The van der Waals surface area contributed by atoms with Crippen molar-refractivity contribution in [3.8, 4) is 11.3 Å². The molecule has 29 heavy (non-hydrogen) atoms. The second kappa shape index (κ2) is 9.52. The van der Waals surface area contributed by atoms with E-state index in [9.17, 15) is 9.59 Å². The van der Waals surface area contributed by atoms with Gasteiger partial charge in [0, 0.05) is 30.1 Å². The Kier molecular flexibility index (Phi) is 6.59. The molecule has 2 N–H and O–H groups in total. The van der Waals surface area contributed by atoms with Crippen LogP contribution in [0.4, 0.5) is 16.2 Å². The lowest BCUT2D eigenvalue weighted by Gasteiger charge is -2.08. The van der Waals surface area contributed by atoms with Gasteiger partial charge in [0.1, 0.15) is 12.3 Å². The lowest BCUT2D eigenvalue weighted by Crippen LogP contribution is -2.16. The molecule has 8 heteroatoms. The normalized spacial score (nSPS) is 10.4. The Bertz CT molecular complexity index is 982. The zero-order valence-corrected chi connectivity index (χ0v) is 16.1. The van der Waals surface area contributed by atoms with Gasteiger partial charge in [-0.05, 0) is 25.1 Å². The maximum atomic E-state index is 12.4. The highest BCUT2D eigenvalue weighted by Gasteiger charge is 2.15. The predicted octanol–water partition coefficient (Wildman–Crippen LogP) is 4.10. The minimum Gasteiger partial charge on any atom is -0.447 e. The van der Waals surface area contributed by atoms with E-state index in [1.807, 2.05) is 31.2 Å². The van der Waals surface area contributed by atoms with Crippen molar-refractivity contribution >= 4 is 23.4 Å². The molecule has 2 amide bonds. The van der Waals surface area contributed by atoms with Gasteiger partial charge in [-0.3, -0.25) is 10.1 Å². The van der Waals surface area contributed by atoms with Crippen LogP contribution in [0.3, 0.4) is 0 Å². The van der Waals surface area contributed by atoms with Crippen molar-refractivity contribution in [1.82, 2.24) is 5.16 Å². The first-order chi connectivity index (χ1) is 14.0. The molecule has 0 aliphatic carbocycles. The summed E-state index contributed by atoms with van der Waals surface area (Å²) in [5.74, 6) is -0.367. The lowest BCUT2D eigenvalue weighted by atomic mass is 10.1. The molecule has 0 fully saturated rings. The predicted molar refractivity (Wildman–Crippen MR) is 108 cm³/mol. The van der Waals surface area contributed by atoms with Gasteiger partial charge in [-0.25, -0.2) is 4.79 Å². The molecule has 2 aromatic carbocycles. The minimum absolute atomic E-state index is 0.0814. The second-order valence-electron chi connectivity index (χ2n) is 6.23. The fraction of sp³-hybridized carbons (Fsp3) is 0.190. The zero-order valence-electron chi connectivity index (χ0n) is 16.1. The molecular weight excluding hydrogens is 374 g/mol. The highest BCUT2D eigenvalue weighted by molar-refractivity contribution is 6.03. The minimum atomic E-state index is -0.608. The summed E-state index contributed by atoms with van der Waals surface area (Å²) in [5.41, 5.74) is 3.52. The third-order valence-electron chi connectivity index (χ3n) is 3.97. The number of aryl methyl sites for hydroxylation is 1. The van der Waals surface area contributed by atoms with E-state index in [0.29, 0.717) is 23.7 Å². The third kappa shape index (κ3) is 5.66. The first-order valence-corrected chi connectivity index (χ1v) is 8.93. The number of rotatable bonds is 7. The van der Waals surface area contributed by atoms with Crippen LogP contribution in [-0.2, 0) is 9.47 Å². The Labute approximate surface area is 167 Å². The van der Waals surface area contributed by atoms with Gasteiger partial charge in [0.25, 0.3) is 5.91 Å². The average molecular weight is 395 g/mol. The maximum Gasteiger partial charge on any atom is 0.411 e. The number of carbonyl (C=O) groups is 2. The number of hydrogen-bond donors (Lipinski definition) is 2. The van der Waals surface area contributed by atoms with Crippen molar-refractivity contribution in [2.45, 2.75) is 6.92 Å². The number of methoxy groups -OCH3 is 1. The molecule has 0 radical (unpaired) electrons. The van der Waals surface area contributed by atoms with Gasteiger partial charge in [0.15, 0.2) is 0 Å². The summed E-state index contributed by atoms with van der Waals surface area (Å²) in [6, 6.07) is 16.0. The third-order valence-corrected chi connectivity index (χ3v) is 3.97. The fourth-order valence-corrected chi connectivity index (χ4v) is 2.48. The van der Waals surface area contributed by atoms with E-state index in [1.165, 1.54) is 7.11 Å². The highest BCUT2D eigenvalue weighted by Crippen LogP contribution is 2.21.